The number of carbonyl (C=O) groups is 1. The van der Waals surface area contributed by atoms with Crippen molar-refractivity contribution < 1.29 is 4.79 Å². The Bertz CT molecular complexity index is 1020. The fraction of sp³-hybridized carbons (Fsp3) is 0.346. The highest BCUT2D eigenvalue weighted by Gasteiger charge is 2.26. The van der Waals surface area contributed by atoms with E-state index in [0.29, 0.717) is 5.92 Å². The van der Waals surface area contributed by atoms with Crippen LogP contribution in [0.25, 0.3) is 11.3 Å². The highest BCUT2D eigenvalue weighted by atomic mass is 16.1. The Hall–Kier alpha value is -3.21. The van der Waals surface area contributed by atoms with Crippen molar-refractivity contribution in [1.82, 2.24) is 10.2 Å². The first kappa shape index (κ1) is 21.0. The SMILES string of the molecule is Cc1ccccc1-c1ccc(N2CCC(C(=O)Nc3ccc(C(C)C)cc3)CC2)nn1. The number of benzene rings is 2. The third-order valence-electron chi connectivity index (χ3n) is 6.11. The molecule has 0 aliphatic carbocycles. The van der Waals surface area contributed by atoms with E-state index in [9.17, 15) is 4.79 Å². The van der Waals surface area contributed by atoms with E-state index in [1.807, 2.05) is 36.4 Å². The molecular weight excluding hydrogens is 384 g/mol. The van der Waals surface area contributed by atoms with Crippen molar-refractivity contribution in [2.24, 2.45) is 5.92 Å². The molecule has 31 heavy (non-hydrogen) atoms. The van der Waals surface area contributed by atoms with Crippen molar-refractivity contribution in [3.05, 3.63) is 71.8 Å². The Kier molecular flexibility index (Phi) is 6.31. The molecule has 4 rings (SSSR count). The van der Waals surface area contributed by atoms with Gasteiger partial charge in [0, 0.05) is 30.3 Å². The van der Waals surface area contributed by atoms with Crippen LogP contribution in [0.2, 0.25) is 0 Å². The summed E-state index contributed by atoms with van der Waals surface area (Å²) in [6.45, 7) is 8.04. The molecule has 1 saturated heterocycles. The summed E-state index contributed by atoms with van der Waals surface area (Å²) in [5, 5.41) is 12.0. The fourth-order valence-electron chi connectivity index (χ4n) is 4.06. The Morgan fingerprint density at radius 1 is 0.968 bits per heavy atom. The molecule has 1 N–H and O–H groups in total. The van der Waals surface area contributed by atoms with Crippen molar-refractivity contribution in [2.75, 3.05) is 23.3 Å². The summed E-state index contributed by atoms with van der Waals surface area (Å²) in [6, 6.07) is 20.4. The quantitative estimate of drug-likeness (QED) is 0.605. The average Bonchev–Trinajstić information content (AvgIpc) is 2.80. The fourth-order valence-corrected chi connectivity index (χ4v) is 4.06. The van der Waals surface area contributed by atoms with Crippen LogP contribution in [0.4, 0.5) is 11.5 Å². The number of nitrogens with zero attached hydrogens (tertiary/aromatic N) is 3. The van der Waals surface area contributed by atoms with E-state index in [1.54, 1.807) is 0 Å². The van der Waals surface area contributed by atoms with Gasteiger partial charge in [-0.1, -0.05) is 50.2 Å². The van der Waals surface area contributed by atoms with Gasteiger partial charge in [0.15, 0.2) is 5.82 Å². The van der Waals surface area contributed by atoms with E-state index in [2.05, 4.69) is 65.5 Å². The summed E-state index contributed by atoms with van der Waals surface area (Å²) in [4.78, 5) is 14.9. The molecule has 0 atom stereocenters. The van der Waals surface area contributed by atoms with Gasteiger partial charge in [0.2, 0.25) is 5.91 Å². The predicted molar refractivity (Wildman–Crippen MR) is 126 cm³/mol. The molecule has 5 heteroatoms. The van der Waals surface area contributed by atoms with Gasteiger partial charge in [0.25, 0.3) is 0 Å². The summed E-state index contributed by atoms with van der Waals surface area (Å²) in [6.07, 6.45) is 1.63. The van der Waals surface area contributed by atoms with Gasteiger partial charge < -0.3 is 10.2 Å². The van der Waals surface area contributed by atoms with Gasteiger partial charge >= 0.3 is 0 Å². The van der Waals surface area contributed by atoms with Crippen molar-refractivity contribution in [3.63, 3.8) is 0 Å². The molecule has 0 radical (unpaired) electrons. The molecule has 0 spiro atoms. The lowest BCUT2D eigenvalue weighted by Crippen LogP contribution is -2.38. The number of anilines is 2. The third-order valence-corrected chi connectivity index (χ3v) is 6.11. The standard InChI is InChI=1S/C26H30N4O/c1-18(2)20-8-10-22(11-9-20)27-26(31)21-14-16-30(17-15-21)25-13-12-24(28-29-25)23-7-5-4-6-19(23)3/h4-13,18,21H,14-17H2,1-3H3,(H,27,31). The average molecular weight is 415 g/mol. The number of amides is 1. The number of aryl methyl sites for hydroxylation is 1. The molecule has 2 aromatic carbocycles. The Morgan fingerprint density at radius 2 is 1.68 bits per heavy atom. The normalized spacial score (nSPS) is 14.6. The summed E-state index contributed by atoms with van der Waals surface area (Å²) >= 11 is 0. The Morgan fingerprint density at radius 3 is 2.29 bits per heavy atom. The van der Waals surface area contributed by atoms with Gasteiger partial charge in [-0.25, -0.2) is 0 Å². The van der Waals surface area contributed by atoms with E-state index >= 15 is 0 Å². The molecule has 1 aliphatic rings. The highest BCUT2D eigenvalue weighted by molar-refractivity contribution is 5.92. The summed E-state index contributed by atoms with van der Waals surface area (Å²) in [7, 11) is 0. The molecule has 2 heterocycles. The van der Waals surface area contributed by atoms with Gasteiger partial charge in [0.05, 0.1) is 5.69 Å². The summed E-state index contributed by atoms with van der Waals surface area (Å²) in [5.74, 6) is 1.50. The van der Waals surface area contributed by atoms with Crippen LogP contribution >= 0.6 is 0 Å². The van der Waals surface area contributed by atoms with Crippen molar-refractivity contribution in [3.8, 4) is 11.3 Å². The van der Waals surface area contributed by atoms with Gasteiger partial charge in [-0.2, -0.15) is 0 Å². The molecule has 160 valence electrons. The Balaban J connectivity index is 1.33. The topological polar surface area (TPSA) is 58.1 Å². The van der Waals surface area contributed by atoms with Crippen LogP contribution in [0, 0.1) is 12.8 Å². The maximum absolute atomic E-state index is 12.7. The van der Waals surface area contributed by atoms with Crippen LogP contribution in [-0.2, 0) is 4.79 Å². The molecular formula is C26H30N4O. The lowest BCUT2D eigenvalue weighted by molar-refractivity contribution is -0.120. The van der Waals surface area contributed by atoms with Gasteiger partial charge in [0.1, 0.15) is 0 Å². The molecule has 1 amide bonds. The summed E-state index contributed by atoms with van der Waals surface area (Å²) < 4.78 is 0. The lowest BCUT2D eigenvalue weighted by atomic mass is 9.95. The summed E-state index contributed by atoms with van der Waals surface area (Å²) in [5.41, 5.74) is 5.34. The van der Waals surface area contributed by atoms with E-state index in [1.165, 1.54) is 11.1 Å². The number of hydrogen-bond acceptors (Lipinski definition) is 4. The molecule has 1 aliphatic heterocycles. The van der Waals surface area contributed by atoms with Crippen molar-refractivity contribution in [1.29, 1.82) is 0 Å². The number of nitrogens with one attached hydrogen (secondary N) is 1. The van der Waals surface area contributed by atoms with Crippen LogP contribution in [0.3, 0.4) is 0 Å². The molecule has 0 saturated carbocycles. The second kappa shape index (κ2) is 9.29. The molecule has 0 unspecified atom stereocenters. The largest absolute Gasteiger partial charge is 0.355 e. The second-order valence-corrected chi connectivity index (χ2v) is 8.62. The van der Waals surface area contributed by atoms with Crippen molar-refractivity contribution >= 4 is 17.4 Å². The van der Waals surface area contributed by atoms with Crippen LogP contribution < -0.4 is 10.2 Å². The van der Waals surface area contributed by atoms with Crippen molar-refractivity contribution in [2.45, 2.75) is 39.5 Å². The van der Waals surface area contributed by atoms with Crippen LogP contribution in [0.5, 0.6) is 0 Å². The number of rotatable bonds is 5. The first-order valence-corrected chi connectivity index (χ1v) is 11.1. The zero-order chi connectivity index (χ0) is 21.8. The maximum atomic E-state index is 12.7. The van der Waals surface area contributed by atoms with E-state index < -0.39 is 0 Å². The minimum atomic E-state index is 0.0280. The predicted octanol–water partition coefficient (Wildman–Crippen LogP) is 5.43. The molecule has 3 aromatic rings. The molecule has 1 aromatic heterocycles. The van der Waals surface area contributed by atoms with Gasteiger partial charge in [-0.3, -0.25) is 4.79 Å². The minimum absolute atomic E-state index is 0.0280. The zero-order valence-electron chi connectivity index (χ0n) is 18.5. The Labute approximate surface area is 184 Å². The third kappa shape index (κ3) is 4.93. The first-order chi connectivity index (χ1) is 15.0. The number of piperidine rings is 1. The monoisotopic (exact) mass is 414 g/mol. The zero-order valence-corrected chi connectivity index (χ0v) is 18.5. The smallest absolute Gasteiger partial charge is 0.227 e. The van der Waals surface area contributed by atoms with Gasteiger partial charge in [-0.05, 0) is 61.1 Å². The molecule has 0 bridgehead atoms. The van der Waals surface area contributed by atoms with E-state index in [-0.39, 0.29) is 11.8 Å². The number of carbonyl (C=O) groups excluding carboxylic acids is 1. The van der Waals surface area contributed by atoms with E-state index in [4.69, 9.17) is 0 Å². The minimum Gasteiger partial charge on any atom is -0.355 e. The molecule has 1 fully saturated rings. The highest BCUT2D eigenvalue weighted by Crippen LogP contribution is 2.26. The van der Waals surface area contributed by atoms with Crippen LogP contribution in [-0.4, -0.2) is 29.2 Å². The van der Waals surface area contributed by atoms with Gasteiger partial charge in [-0.15, -0.1) is 10.2 Å². The second-order valence-electron chi connectivity index (χ2n) is 8.62. The lowest BCUT2D eigenvalue weighted by Gasteiger charge is -2.31. The van der Waals surface area contributed by atoms with Crippen LogP contribution in [0.1, 0.15) is 43.7 Å². The number of aromatic nitrogens is 2. The number of hydrogen-bond donors (Lipinski definition) is 1. The molecule has 5 nitrogen and oxygen atoms in total. The first-order valence-electron chi connectivity index (χ1n) is 11.1. The maximum Gasteiger partial charge on any atom is 0.227 e. The van der Waals surface area contributed by atoms with E-state index in [0.717, 1.165) is 48.7 Å². The van der Waals surface area contributed by atoms with Crippen LogP contribution in [0.15, 0.2) is 60.7 Å².